The van der Waals surface area contributed by atoms with Crippen LogP contribution in [0.1, 0.15) is 23.5 Å². The second-order valence-corrected chi connectivity index (χ2v) is 6.79. The predicted molar refractivity (Wildman–Crippen MR) is 94.7 cm³/mol. The van der Waals surface area contributed by atoms with Crippen LogP contribution in [-0.4, -0.2) is 42.1 Å². The number of hydrogen-bond donors (Lipinski definition) is 1. The van der Waals surface area contributed by atoms with Crippen molar-refractivity contribution in [3.63, 3.8) is 0 Å². The molecule has 3 rings (SSSR count). The highest BCUT2D eigenvalue weighted by Crippen LogP contribution is 2.21. The van der Waals surface area contributed by atoms with Crippen LogP contribution in [0.5, 0.6) is 5.88 Å². The lowest BCUT2D eigenvalue weighted by Gasteiger charge is -2.17. The first kappa shape index (κ1) is 16.7. The average Bonchev–Trinajstić information content (AvgIpc) is 3.24. The Balaban J connectivity index is 1.45. The van der Waals surface area contributed by atoms with Gasteiger partial charge in [-0.2, -0.15) is 4.98 Å². The molecule has 1 saturated heterocycles. The normalized spacial score (nSPS) is 14.0. The minimum absolute atomic E-state index is 0.0117. The quantitative estimate of drug-likeness (QED) is 0.779. The van der Waals surface area contributed by atoms with E-state index < -0.39 is 0 Å². The van der Waals surface area contributed by atoms with E-state index >= 15 is 0 Å². The van der Waals surface area contributed by atoms with Crippen LogP contribution >= 0.6 is 11.3 Å². The first-order valence-electron chi connectivity index (χ1n) is 8.23. The molecule has 0 bridgehead atoms. The monoisotopic (exact) mass is 346 g/mol. The molecule has 0 radical (unpaired) electrons. The fraction of sp³-hybridized carbons (Fsp3) is 0.471. The summed E-state index contributed by atoms with van der Waals surface area (Å²) in [7, 11) is 0. The highest BCUT2D eigenvalue weighted by molar-refractivity contribution is 7.10. The van der Waals surface area contributed by atoms with Crippen molar-refractivity contribution in [2.75, 3.05) is 31.1 Å². The van der Waals surface area contributed by atoms with Crippen LogP contribution in [0.2, 0.25) is 0 Å². The van der Waals surface area contributed by atoms with Crippen LogP contribution in [0, 0.1) is 6.92 Å². The maximum absolute atomic E-state index is 11.8. The number of aryl methyl sites for hydroxylation is 1. The third kappa shape index (κ3) is 4.67. The molecule has 0 atom stereocenters. The zero-order valence-corrected chi connectivity index (χ0v) is 14.6. The van der Waals surface area contributed by atoms with Gasteiger partial charge in [0.1, 0.15) is 18.2 Å². The van der Waals surface area contributed by atoms with Crippen molar-refractivity contribution >= 4 is 23.1 Å². The lowest BCUT2D eigenvalue weighted by molar-refractivity contribution is -0.120. The molecule has 1 amide bonds. The van der Waals surface area contributed by atoms with Gasteiger partial charge in [0.25, 0.3) is 0 Å². The van der Waals surface area contributed by atoms with E-state index in [9.17, 15) is 4.79 Å². The Bertz CT molecular complexity index is 669. The number of ether oxygens (including phenoxy) is 1. The number of carbonyl (C=O) groups excluding carboxylic acids is 1. The fourth-order valence-electron chi connectivity index (χ4n) is 2.69. The molecule has 1 fully saturated rings. The Hall–Kier alpha value is -2.15. The van der Waals surface area contributed by atoms with Crippen molar-refractivity contribution in [1.29, 1.82) is 0 Å². The van der Waals surface area contributed by atoms with E-state index in [1.807, 2.05) is 30.5 Å². The summed E-state index contributed by atoms with van der Waals surface area (Å²) < 4.78 is 5.68. The lowest BCUT2D eigenvalue weighted by atomic mass is 10.3. The average molecular weight is 346 g/mol. The molecule has 24 heavy (non-hydrogen) atoms. The van der Waals surface area contributed by atoms with Crippen LogP contribution < -0.4 is 15.0 Å². The van der Waals surface area contributed by atoms with E-state index in [2.05, 4.69) is 20.2 Å². The Labute approximate surface area is 145 Å². The van der Waals surface area contributed by atoms with Gasteiger partial charge in [-0.15, -0.1) is 11.3 Å². The molecule has 0 aliphatic carbocycles. The second-order valence-electron chi connectivity index (χ2n) is 5.76. The lowest BCUT2D eigenvalue weighted by Crippen LogP contribution is -2.29. The van der Waals surface area contributed by atoms with Gasteiger partial charge < -0.3 is 15.0 Å². The zero-order valence-electron chi connectivity index (χ0n) is 13.8. The van der Waals surface area contributed by atoms with Crippen molar-refractivity contribution in [3.05, 3.63) is 34.3 Å². The minimum atomic E-state index is 0.0117. The topological polar surface area (TPSA) is 67.3 Å². The molecule has 1 aliphatic heterocycles. The minimum Gasteiger partial charge on any atom is -0.476 e. The number of anilines is 1. The second kappa shape index (κ2) is 8.10. The van der Waals surface area contributed by atoms with Crippen molar-refractivity contribution in [3.8, 4) is 5.88 Å². The van der Waals surface area contributed by atoms with E-state index in [4.69, 9.17) is 4.74 Å². The van der Waals surface area contributed by atoms with Crippen LogP contribution in [0.4, 0.5) is 5.82 Å². The Morgan fingerprint density at radius 3 is 2.96 bits per heavy atom. The molecule has 3 heterocycles. The van der Waals surface area contributed by atoms with Gasteiger partial charge in [0.15, 0.2) is 0 Å². The van der Waals surface area contributed by atoms with E-state index in [0.29, 0.717) is 31.3 Å². The number of carbonyl (C=O) groups is 1. The molecule has 0 saturated carbocycles. The number of nitrogens with zero attached hydrogens (tertiary/aromatic N) is 3. The van der Waals surface area contributed by atoms with Crippen molar-refractivity contribution < 1.29 is 9.53 Å². The van der Waals surface area contributed by atoms with Gasteiger partial charge in [-0.3, -0.25) is 4.79 Å². The summed E-state index contributed by atoms with van der Waals surface area (Å²) in [6.45, 7) is 4.80. The largest absolute Gasteiger partial charge is 0.476 e. The molecular formula is C17H22N4O2S. The van der Waals surface area contributed by atoms with E-state index in [1.165, 1.54) is 12.8 Å². The Kier molecular flexibility index (Phi) is 5.63. The summed E-state index contributed by atoms with van der Waals surface area (Å²) in [5, 5.41) is 4.84. The number of amides is 1. The standard InChI is InChI=1S/C17H22N4O2S/c1-13-19-15(21-7-2-3-8-21)12-17(20-13)23-9-6-18-16(22)11-14-5-4-10-24-14/h4-5,10,12H,2-3,6-9,11H2,1H3,(H,18,22). The number of thiophene rings is 1. The SMILES string of the molecule is Cc1nc(OCCNC(=O)Cc2cccs2)cc(N2CCCC2)n1. The summed E-state index contributed by atoms with van der Waals surface area (Å²) in [6, 6.07) is 5.79. The maximum atomic E-state index is 11.8. The number of hydrogen-bond acceptors (Lipinski definition) is 6. The predicted octanol–water partition coefficient (Wildman–Crippen LogP) is 2.18. The summed E-state index contributed by atoms with van der Waals surface area (Å²) in [4.78, 5) is 23.9. The van der Waals surface area contributed by atoms with Gasteiger partial charge in [0, 0.05) is 24.0 Å². The van der Waals surface area contributed by atoms with Crippen molar-refractivity contribution in [1.82, 2.24) is 15.3 Å². The third-order valence-corrected chi connectivity index (χ3v) is 4.70. The molecule has 6 nitrogen and oxygen atoms in total. The molecule has 2 aromatic heterocycles. The van der Waals surface area contributed by atoms with E-state index in [1.54, 1.807) is 11.3 Å². The summed E-state index contributed by atoms with van der Waals surface area (Å²) in [6.07, 6.45) is 2.83. The zero-order chi connectivity index (χ0) is 16.8. The van der Waals surface area contributed by atoms with E-state index in [0.717, 1.165) is 23.8 Å². The summed E-state index contributed by atoms with van der Waals surface area (Å²) in [5.41, 5.74) is 0. The van der Waals surface area contributed by atoms with Gasteiger partial charge in [-0.25, -0.2) is 4.98 Å². The molecule has 0 spiro atoms. The van der Waals surface area contributed by atoms with E-state index in [-0.39, 0.29) is 5.91 Å². The van der Waals surface area contributed by atoms with Crippen LogP contribution in [-0.2, 0) is 11.2 Å². The molecule has 2 aromatic rings. The smallest absolute Gasteiger partial charge is 0.225 e. The van der Waals surface area contributed by atoms with Crippen molar-refractivity contribution in [2.45, 2.75) is 26.2 Å². The van der Waals surface area contributed by atoms with Crippen molar-refractivity contribution in [2.24, 2.45) is 0 Å². The fourth-order valence-corrected chi connectivity index (χ4v) is 3.39. The molecule has 1 aliphatic rings. The molecule has 7 heteroatoms. The van der Waals surface area contributed by atoms with Crippen LogP contribution in [0.25, 0.3) is 0 Å². The number of rotatable bonds is 7. The van der Waals surface area contributed by atoms with Gasteiger partial charge >= 0.3 is 0 Å². The maximum Gasteiger partial charge on any atom is 0.225 e. The molecule has 128 valence electrons. The van der Waals surface area contributed by atoms with Gasteiger partial charge in [-0.1, -0.05) is 6.07 Å². The first-order chi connectivity index (χ1) is 11.7. The summed E-state index contributed by atoms with van der Waals surface area (Å²) in [5.74, 6) is 2.21. The first-order valence-corrected chi connectivity index (χ1v) is 9.11. The highest BCUT2D eigenvalue weighted by Gasteiger charge is 2.15. The third-order valence-electron chi connectivity index (χ3n) is 3.82. The van der Waals surface area contributed by atoms with Gasteiger partial charge in [0.05, 0.1) is 13.0 Å². The number of nitrogens with one attached hydrogen (secondary N) is 1. The Morgan fingerprint density at radius 1 is 1.38 bits per heavy atom. The summed E-state index contributed by atoms with van der Waals surface area (Å²) >= 11 is 1.59. The van der Waals surface area contributed by atoms with Crippen LogP contribution in [0.15, 0.2) is 23.6 Å². The molecule has 0 unspecified atom stereocenters. The molecule has 1 N–H and O–H groups in total. The highest BCUT2D eigenvalue weighted by atomic mass is 32.1. The van der Waals surface area contributed by atoms with Crippen LogP contribution in [0.3, 0.4) is 0 Å². The Morgan fingerprint density at radius 2 is 2.21 bits per heavy atom. The van der Waals surface area contributed by atoms with Gasteiger partial charge in [-0.05, 0) is 31.2 Å². The number of aromatic nitrogens is 2. The molecule has 0 aromatic carbocycles. The molecular weight excluding hydrogens is 324 g/mol. The van der Waals surface area contributed by atoms with Gasteiger partial charge in [0.2, 0.25) is 11.8 Å².